The van der Waals surface area contributed by atoms with Crippen molar-refractivity contribution in [2.75, 3.05) is 0 Å². The molecule has 0 aliphatic heterocycles. The predicted molar refractivity (Wildman–Crippen MR) is 67.6 cm³/mol. The van der Waals surface area contributed by atoms with E-state index in [1.165, 1.54) is 0 Å². The third-order valence-corrected chi connectivity index (χ3v) is 3.22. The number of hydrogen-bond acceptors (Lipinski definition) is 2. The van der Waals surface area contributed by atoms with Crippen molar-refractivity contribution in [3.05, 3.63) is 33.0 Å². The molecule has 2 rings (SSSR count). The molecule has 4 heteroatoms. The molecule has 0 fully saturated rings. The van der Waals surface area contributed by atoms with E-state index in [2.05, 4.69) is 28.9 Å². The van der Waals surface area contributed by atoms with E-state index >= 15 is 0 Å². The molecular formula is C12H9BrClNO. The van der Waals surface area contributed by atoms with E-state index in [0.29, 0.717) is 16.4 Å². The van der Waals surface area contributed by atoms with E-state index < -0.39 is 0 Å². The first-order valence-electron chi connectivity index (χ1n) is 4.98. The average molecular weight is 299 g/mol. The fourth-order valence-corrected chi connectivity index (χ4v) is 2.65. The lowest BCUT2D eigenvalue weighted by Gasteiger charge is -1.97. The molecule has 0 unspecified atom stereocenters. The Morgan fingerprint density at radius 3 is 2.88 bits per heavy atom. The Balaban J connectivity index is 2.80. The molecule has 1 heterocycles. The molecule has 0 bridgehead atoms. The molecule has 2 aromatic rings. The van der Waals surface area contributed by atoms with E-state index in [4.69, 9.17) is 21.3 Å². The van der Waals surface area contributed by atoms with Gasteiger partial charge in [-0.15, -0.1) is 0 Å². The van der Waals surface area contributed by atoms with Crippen LogP contribution in [0.5, 0.6) is 0 Å². The molecule has 16 heavy (non-hydrogen) atoms. The van der Waals surface area contributed by atoms with Gasteiger partial charge in [0.05, 0.1) is 4.47 Å². The van der Waals surface area contributed by atoms with Crippen LogP contribution in [0.4, 0.5) is 0 Å². The Morgan fingerprint density at radius 1 is 1.50 bits per heavy atom. The highest BCUT2D eigenvalue weighted by Crippen LogP contribution is 2.34. The summed E-state index contributed by atoms with van der Waals surface area (Å²) in [7, 11) is 0. The Labute approximate surface area is 107 Å². The number of furan rings is 1. The van der Waals surface area contributed by atoms with E-state index in [-0.39, 0.29) is 0 Å². The molecule has 0 saturated carbocycles. The maximum Gasteiger partial charge on any atom is 0.208 e. The third-order valence-electron chi connectivity index (χ3n) is 2.41. The largest absolute Gasteiger partial charge is 0.444 e. The normalized spacial score (nSPS) is 10.6. The van der Waals surface area contributed by atoms with Gasteiger partial charge in [0, 0.05) is 16.0 Å². The van der Waals surface area contributed by atoms with Crippen molar-refractivity contribution in [1.29, 1.82) is 5.26 Å². The number of halogens is 2. The third kappa shape index (κ3) is 1.83. The molecule has 82 valence electrons. The molecule has 0 N–H and O–H groups in total. The standard InChI is InChI=1S/C12H9BrClNO/c1-2-3-8-9-4-7(14)5-10(13)12(9)16-11(8)6-15/h4-5H,2-3H2,1H3. The van der Waals surface area contributed by atoms with Crippen molar-refractivity contribution in [1.82, 2.24) is 0 Å². The zero-order valence-electron chi connectivity index (χ0n) is 8.68. The Morgan fingerprint density at radius 2 is 2.25 bits per heavy atom. The number of fused-ring (bicyclic) bond motifs is 1. The van der Waals surface area contributed by atoms with Gasteiger partial charge in [-0.2, -0.15) is 5.26 Å². The molecular weight excluding hydrogens is 289 g/mol. The number of hydrogen-bond donors (Lipinski definition) is 0. The zero-order chi connectivity index (χ0) is 11.7. The first-order valence-corrected chi connectivity index (χ1v) is 6.15. The lowest BCUT2D eigenvalue weighted by atomic mass is 10.1. The number of rotatable bonds is 2. The molecule has 2 nitrogen and oxygen atoms in total. The van der Waals surface area contributed by atoms with Gasteiger partial charge in [0.15, 0.2) is 0 Å². The van der Waals surface area contributed by atoms with E-state index in [1.807, 2.05) is 6.07 Å². The summed E-state index contributed by atoms with van der Waals surface area (Å²) < 4.78 is 6.31. The van der Waals surface area contributed by atoms with Crippen LogP contribution in [0.1, 0.15) is 24.7 Å². The van der Waals surface area contributed by atoms with Gasteiger partial charge in [-0.05, 0) is 34.5 Å². The van der Waals surface area contributed by atoms with Gasteiger partial charge in [0.1, 0.15) is 11.7 Å². The summed E-state index contributed by atoms with van der Waals surface area (Å²) in [6.07, 6.45) is 1.79. The summed E-state index contributed by atoms with van der Waals surface area (Å²) in [5.41, 5.74) is 1.65. The lowest BCUT2D eigenvalue weighted by molar-refractivity contribution is 0.591. The molecule has 0 aliphatic rings. The topological polar surface area (TPSA) is 36.9 Å². The van der Waals surface area contributed by atoms with Crippen LogP contribution >= 0.6 is 27.5 Å². The quantitative estimate of drug-likeness (QED) is 0.807. The highest BCUT2D eigenvalue weighted by Gasteiger charge is 2.15. The second-order valence-electron chi connectivity index (χ2n) is 3.54. The van der Waals surface area contributed by atoms with Crippen molar-refractivity contribution >= 4 is 38.5 Å². The van der Waals surface area contributed by atoms with Crippen molar-refractivity contribution in [3.8, 4) is 6.07 Å². The molecule has 1 aromatic heterocycles. The van der Waals surface area contributed by atoms with Gasteiger partial charge in [0.2, 0.25) is 5.76 Å². The summed E-state index contributed by atoms with van der Waals surface area (Å²) >= 11 is 9.38. The fourth-order valence-electron chi connectivity index (χ4n) is 1.76. The van der Waals surface area contributed by atoms with Crippen molar-refractivity contribution < 1.29 is 4.42 Å². The summed E-state index contributed by atoms with van der Waals surface area (Å²) in [5, 5.41) is 10.6. The van der Waals surface area contributed by atoms with Gasteiger partial charge in [0.25, 0.3) is 0 Å². The predicted octanol–water partition coefficient (Wildman–Crippen LogP) is 4.67. The van der Waals surface area contributed by atoms with Crippen LogP contribution in [-0.4, -0.2) is 0 Å². The first kappa shape index (κ1) is 11.5. The van der Waals surface area contributed by atoms with Crippen LogP contribution in [0, 0.1) is 11.3 Å². The average Bonchev–Trinajstić information content (AvgIpc) is 2.58. The second-order valence-corrected chi connectivity index (χ2v) is 4.83. The monoisotopic (exact) mass is 297 g/mol. The number of benzene rings is 1. The van der Waals surface area contributed by atoms with Gasteiger partial charge < -0.3 is 4.42 Å². The van der Waals surface area contributed by atoms with Crippen LogP contribution in [0.25, 0.3) is 11.0 Å². The smallest absolute Gasteiger partial charge is 0.208 e. The maximum absolute atomic E-state index is 9.01. The van der Waals surface area contributed by atoms with Crippen LogP contribution in [-0.2, 0) is 6.42 Å². The minimum Gasteiger partial charge on any atom is -0.444 e. The summed E-state index contributed by atoms with van der Waals surface area (Å²) in [6, 6.07) is 5.70. The number of nitriles is 1. The SMILES string of the molecule is CCCc1c(C#N)oc2c(Br)cc(Cl)cc12. The van der Waals surface area contributed by atoms with Crippen LogP contribution in [0.2, 0.25) is 5.02 Å². The van der Waals surface area contributed by atoms with E-state index in [0.717, 1.165) is 28.3 Å². The van der Waals surface area contributed by atoms with Gasteiger partial charge in [-0.25, -0.2) is 0 Å². The van der Waals surface area contributed by atoms with Gasteiger partial charge >= 0.3 is 0 Å². The van der Waals surface area contributed by atoms with Crippen molar-refractivity contribution in [2.24, 2.45) is 0 Å². The Kier molecular flexibility index (Phi) is 3.22. The second kappa shape index (κ2) is 4.48. The Hall–Kier alpha value is -0.980. The van der Waals surface area contributed by atoms with Crippen LogP contribution < -0.4 is 0 Å². The molecule has 0 atom stereocenters. The summed E-state index contributed by atoms with van der Waals surface area (Å²) in [6.45, 7) is 2.07. The first-order chi connectivity index (χ1) is 7.67. The van der Waals surface area contributed by atoms with Crippen LogP contribution in [0.3, 0.4) is 0 Å². The molecule has 0 saturated heterocycles. The number of aryl methyl sites for hydroxylation is 1. The highest BCUT2D eigenvalue weighted by molar-refractivity contribution is 9.10. The lowest BCUT2D eigenvalue weighted by Crippen LogP contribution is -1.84. The van der Waals surface area contributed by atoms with Crippen LogP contribution in [0.15, 0.2) is 21.0 Å². The zero-order valence-corrected chi connectivity index (χ0v) is 11.0. The summed E-state index contributed by atoms with van der Waals surface area (Å²) in [5.74, 6) is 0.389. The minimum absolute atomic E-state index is 0.389. The molecule has 0 aliphatic carbocycles. The van der Waals surface area contributed by atoms with E-state index in [1.54, 1.807) is 6.07 Å². The fraction of sp³-hybridized carbons (Fsp3) is 0.250. The maximum atomic E-state index is 9.01. The number of nitrogens with zero attached hydrogens (tertiary/aromatic N) is 1. The molecule has 0 spiro atoms. The summed E-state index contributed by atoms with van der Waals surface area (Å²) in [4.78, 5) is 0. The van der Waals surface area contributed by atoms with Gasteiger partial charge in [-0.1, -0.05) is 24.9 Å². The van der Waals surface area contributed by atoms with Crippen molar-refractivity contribution in [2.45, 2.75) is 19.8 Å². The van der Waals surface area contributed by atoms with Crippen molar-refractivity contribution in [3.63, 3.8) is 0 Å². The minimum atomic E-state index is 0.389. The molecule has 0 radical (unpaired) electrons. The molecule has 1 aromatic carbocycles. The van der Waals surface area contributed by atoms with Gasteiger partial charge in [-0.3, -0.25) is 0 Å². The highest BCUT2D eigenvalue weighted by atomic mass is 79.9. The van der Waals surface area contributed by atoms with E-state index in [9.17, 15) is 0 Å². The molecule has 0 amide bonds. The Bertz CT molecular complexity index is 583.